The van der Waals surface area contributed by atoms with Crippen LogP contribution in [-0.2, 0) is 4.79 Å². The van der Waals surface area contributed by atoms with Crippen molar-refractivity contribution in [1.82, 2.24) is 0 Å². The maximum absolute atomic E-state index is 12.1. The van der Waals surface area contributed by atoms with E-state index in [0.29, 0.717) is 11.4 Å². The van der Waals surface area contributed by atoms with Crippen LogP contribution >= 0.6 is 0 Å². The highest BCUT2D eigenvalue weighted by Gasteiger charge is 2.15. The number of aliphatic hydroxyl groups excluding tert-OH is 1. The summed E-state index contributed by atoms with van der Waals surface area (Å²) in [5, 5.41) is 12.3. The Morgan fingerprint density at radius 1 is 1.10 bits per heavy atom. The van der Waals surface area contributed by atoms with Gasteiger partial charge in [-0.1, -0.05) is 30.3 Å². The molecule has 0 radical (unpaired) electrons. The number of amides is 1. The molecule has 0 aliphatic carbocycles. The average molecular weight is 285 g/mol. The summed E-state index contributed by atoms with van der Waals surface area (Å²) in [6.07, 6.45) is -1.18. The third-order valence-electron chi connectivity index (χ3n) is 3.06. The predicted molar refractivity (Wildman–Crippen MR) is 82.2 cm³/mol. The first-order valence-corrected chi connectivity index (χ1v) is 6.87. The van der Waals surface area contributed by atoms with E-state index >= 15 is 0 Å². The van der Waals surface area contributed by atoms with Gasteiger partial charge in [0.25, 0.3) is 5.91 Å². The fraction of sp³-hybridized carbons (Fsp3) is 0.235. The van der Waals surface area contributed by atoms with Crippen molar-refractivity contribution in [2.75, 3.05) is 5.32 Å². The highest BCUT2D eigenvalue weighted by atomic mass is 16.5. The maximum Gasteiger partial charge on any atom is 0.265 e. The largest absolute Gasteiger partial charge is 0.481 e. The van der Waals surface area contributed by atoms with Crippen molar-refractivity contribution >= 4 is 11.6 Å². The molecule has 1 amide bonds. The van der Waals surface area contributed by atoms with Crippen molar-refractivity contribution in [2.45, 2.75) is 26.1 Å². The van der Waals surface area contributed by atoms with Crippen LogP contribution in [0.15, 0.2) is 54.6 Å². The Labute approximate surface area is 124 Å². The molecule has 2 atom stereocenters. The molecule has 2 aromatic carbocycles. The molecule has 0 saturated carbocycles. The van der Waals surface area contributed by atoms with E-state index in [1.807, 2.05) is 24.3 Å². The second-order valence-electron chi connectivity index (χ2n) is 4.86. The summed E-state index contributed by atoms with van der Waals surface area (Å²) in [7, 11) is 0. The second-order valence-corrected chi connectivity index (χ2v) is 4.86. The van der Waals surface area contributed by atoms with Gasteiger partial charge >= 0.3 is 0 Å². The zero-order valence-electron chi connectivity index (χ0n) is 12.1. The summed E-state index contributed by atoms with van der Waals surface area (Å²) in [5.41, 5.74) is 1.39. The van der Waals surface area contributed by atoms with Gasteiger partial charge in [0.05, 0.1) is 6.10 Å². The number of ether oxygens (including phenoxy) is 1. The Morgan fingerprint density at radius 2 is 1.81 bits per heavy atom. The minimum atomic E-state index is -0.609. The van der Waals surface area contributed by atoms with Gasteiger partial charge in [-0.25, -0.2) is 0 Å². The smallest absolute Gasteiger partial charge is 0.265 e. The van der Waals surface area contributed by atoms with Gasteiger partial charge in [-0.2, -0.15) is 0 Å². The minimum Gasteiger partial charge on any atom is -0.481 e. The van der Waals surface area contributed by atoms with Crippen molar-refractivity contribution < 1.29 is 14.6 Å². The molecule has 0 unspecified atom stereocenters. The van der Waals surface area contributed by atoms with E-state index in [-0.39, 0.29) is 5.91 Å². The molecule has 0 fully saturated rings. The fourth-order valence-corrected chi connectivity index (χ4v) is 1.88. The summed E-state index contributed by atoms with van der Waals surface area (Å²) in [4.78, 5) is 12.1. The number of nitrogens with one attached hydrogen (secondary N) is 1. The molecular weight excluding hydrogens is 266 g/mol. The quantitative estimate of drug-likeness (QED) is 0.887. The summed E-state index contributed by atoms with van der Waals surface area (Å²) >= 11 is 0. The molecule has 0 saturated heterocycles. The van der Waals surface area contributed by atoms with Gasteiger partial charge in [0.15, 0.2) is 6.10 Å². The lowest BCUT2D eigenvalue weighted by Crippen LogP contribution is -2.30. The maximum atomic E-state index is 12.1. The van der Waals surface area contributed by atoms with Gasteiger partial charge in [0, 0.05) is 5.69 Å². The van der Waals surface area contributed by atoms with Crippen molar-refractivity contribution in [2.24, 2.45) is 0 Å². The number of benzene rings is 2. The summed E-state index contributed by atoms with van der Waals surface area (Å²) in [6.45, 7) is 3.38. The molecule has 0 aliphatic rings. The lowest BCUT2D eigenvalue weighted by molar-refractivity contribution is -0.122. The van der Waals surface area contributed by atoms with Crippen LogP contribution in [-0.4, -0.2) is 17.1 Å². The number of carbonyl (C=O) groups is 1. The zero-order chi connectivity index (χ0) is 15.2. The molecule has 4 heteroatoms. The molecule has 2 rings (SSSR count). The molecular formula is C17H19NO3. The summed E-state index contributed by atoms with van der Waals surface area (Å²) < 4.78 is 5.56. The topological polar surface area (TPSA) is 58.6 Å². The summed E-state index contributed by atoms with van der Waals surface area (Å²) in [6, 6.07) is 16.3. The Morgan fingerprint density at radius 3 is 2.48 bits per heavy atom. The first kappa shape index (κ1) is 15.1. The number of hydrogen-bond donors (Lipinski definition) is 2. The molecule has 0 aliphatic heterocycles. The van der Waals surface area contributed by atoms with E-state index in [0.717, 1.165) is 5.56 Å². The number of aliphatic hydroxyl groups is 1. The first-order valence-electron chi connectivity index (χ1n) is 6.87. The number of rotatable bonds is 5. The van der Waals surface area contributed by atoms with Gasteiger partial charge < -0.3 is 15.2 Å². The normalized spacial score (nSPS) is 13.3. The van der Waals surface area contributed by atoms with E-state index in [4.69, 9.17) is 4.74 Å². The van der Waals surface area contributed by atoms with Gasteiger partial charge in [-0.05, 0) is 43.7 Å². The summed E-state index contributed by atoms with van der Waals surface area (Å²) in [5.74, 6) is 0.416. The molecule has 2 N–H and O–H groups in total. The van der Waals surface area contributed by atoms with Gasteiger partial charge in [-0.3, -0.25) is 4.79 Å². The van der Waals surface area contributed by atoms with E-state index in [1.54, 1.807) is 44.2 Å². The Balaban J connectivity index is 1.99. The van der Waals surface area contributed by atoms with E-state index in [9.17, 15) is 9.90 Å². The average Bonchev–Trinajstić information content (AvgIpc) is 2.48. The lowest BCUT2D eigenvalue weighted by Gasteiger charge is -2.15. The van der Waals surface area contributed by atoms with Crippen LogP contribution in [0.2, 0.25) is 0 Å². The number of para-hydroxylation sites is 1. The van der Waals surface area contributed by atoms with Crippen LogP contribution in [0.3, 0.4) is 0 Å². The Hall–Kier alpha value is -2.33. The molecule has 0 bridgehead atoms. The van der Waals surface area contributed by atoms with Crippen LogP contribution in [0.5, 0.6) is 5.75 Å². The van der Waals surface area contributed by atoms with Gasteiger partial charge in [-0.15, -0.1) is 0 Å². The zero-order valence-corrected chi connectivity index (χ0v) is 12.1. The standard InChI is InChI=1S/C17H19NO3/c1-12(19)14-7-6-8-15(11-14)18-17(20)13(2)21-16-9-4-3-5-10-16/h3-13,19H,1-2H3,(H,18,20)/t12-,13+/m1/s1. The van der Waals surface area contributed by atoms with Crippen molar-refractivity contribution in [3.63, 3.8) is 0 Å². The number of anilines is 1. The fourth-order valence-electron chi connectivity index (χ4n) is 1.88. The van der Waals surface area contributed by atoms with E-state index in [1.165, 1.54) is 0 Å². The number of carbonyl (C=O) groups excluding carboxylic acids is 1. The molecule has 2 aromatic rings. The van der Waals surface area contributed by atoms with Crippen molar-refractivity contribution in [3.05, 3.63) is 60.2 Å². The van der Waals surface area contributed by atoms with Crippen molar-refractivity contribution in [3.8, 4) is 5.75 Å². The van der Waals surface area contributed by atoms with Crippen LogP contribution < -0.4 is 10.1 Å². The highest BCUT2D eigenvalue weighted by Crippen LogP contribution is 2.18. The molecule has 110 valence electrons. The lowest BCUT2D eigenvalue weighted by atomic mass is 10.1. The molecule has 4 nitrogen and oxygen atoms in total. The molecule has 0 spiro atoms. The minimum absolute atomic E-state index is 0.235. The first-order chi connectivity index (χ1) is 10.1. The van der Waals surface area contributed by atoms with Crippen LogP contribution in [0.1, 0.15) is 25.5 Å². The molecule has 0 aromatic heterocycles. The van der Waals surface area contributed by atoms with E-state index in [2.05, 4.69) is 5.32 Å². The van der Waals surface area contributed by atoms with Crippen LogP contribution in [0.25, 0.3) is 0 Å². The van der Waals surface area contributed by atoms with E-state index < -0.39 is 12.2 Å². The molecule has 0 heterocycles. The third-order valence-corrected chi connectivity index (χ3v) is 3.06. The third kappa shape index (κ3) is 4.33. The van der Waals surface area contributed by atoms with Crippen LogP contribution in [0.4, 0.5) is 5.69 Å². The Bertz CT molecular complexity index is 596. The van der Waals surface area contributed by atoms with Crippen molar-refractivity contribution in [1.29, 1.82) is 0 Å². The number of hydrogen-bond acceptors (Lipinski definition) is 3. The Kier molecular flexibility index (Phi) is 4.95. The van der Waals surface area contributed by atoms with Crippen LogP contribution in [0, 0.1) is 0 Å². The second kappa shape index (κ2) is 6.90. The van der Waals surface area contributed by atoms with Gasteiger partial charge in [0.1, 0.15) is 5.75 Å². The monoisotopic (exact) mass is 285 g/mol. The predicted octanol–water partition coefficient (Wildman–Crippen LogP) is 3.15. The van der Waals surface area contributed by atoms with Gasteiger partial charge in [0.2, 0.25) is 0 Å². The molecule has 21 heavy (non-hydrogen) atoms. The SMILES string of the molecule is C[C@H](Oc1ccccc1)C(=O)Nc1cccc([C@@H](C)O)c1. The highest BCUT2D eigenvalue weighted by molar-refractivity contribution is 5.94.